The summed E-state index contributed by atoms with van der Waals surface area (Å²) >= 11 is 0. The Bertz CT molecular complexity index is 1080. The minimum atomic E-state index is -0.277. The van der Waals surface area contributed by atoms with Gasteiger partial charge >= 0.3 is 5.69 Å². The van der Waals surface area contributed by atoms with Gasteiger partial charge in [0.15, 0.2) is 0 Å². The van der Waals surface area contributed by atoms with Gasteiger partial charge in [-0.2, -0.15) is 4.98 Å². The van der Waals surface area contributed by atoms with Crippen molar-refractivity contribution in [2.75, 3.05) is 25.0 Å². The summed E-state index contributed by atoms with van der Waals surface area (Å²) in [5, 5.41) is 3.65. The molecule has 4 rings (SSSR count). The maximum absolute atomic E-state index is 13.6. The quantitative estimate of drug-likeness (QED) is 0.679. The third-order valence-corrected chi connectivity index (χ3v) is 7.59. The lowest BCUT2D eigenvalue weighted by atomic mass is 10.1. The number of amides is 1. The first-order valence-corrected chi connectivity index (χ1v) is 13.2. The molecule has 2 aliphatic heterocycles. The topological polar surface area (TPSA) is 70.5 Å². The average Bonchev–Trinajstić information content (AvgIpc) is 3.16. The van der Waals surface area contributed by atoms with Crippen molar-refractivity contribution in [3.8, 4) is 0 Å². The number of rotatable bonds is 6. The van der Waals surface area contributed by atoms with Crippen molar-refractivity contribution in [1.82, 2.24) is 19.4 Å². The van der Waals surface area contributed by atoms with Crippen LogP contribution in [0.3, 0.4) is 0 Å². The molecule has 1 N–H and O–H groups in total. The highest BCUT2D eigenvalue weighted by atomic mass is 16.2. The first-order valence-electron chi connectivity index (χ1n) is 13.2. The SMILES string of the molecule is Cc1cc(C)n(CCC(=O)N2Cc3ccccc3NCC[C@H]3CC[C@@H](C2)N3CCC(C)C)c(=O)n1. The zero-order chi connectivity index (χ0) is 24.9. The third-order valence-electron chi connectivity index (χ3n) is 7.59. The summed E-state index contributed by atoms with van der Waals surface area (Å²) in [6.07, 6.45) is 4.92. The number of hydrogen-bond donors (Lipinski definition) is 1. The number of nitrogens with zero attached hydrogens (tertiary/aromatic N) is 4. The van der Waals surface area contributed by atoms with Gasteiger partial charge in [0.05, 0.1) is 0 Å². The fourth-order valence-electron chi connectivity index (χ4n) is 5.62. The minimum Gasteiger partial charge on any atom is -0.385 e. The summed E-state index contributed by atoms with van der Waals surface area (Å²) in [4.78, 5) is 34.8. The molecule has 1 amide bonds. The Morgan fingerprint density at radius 1 is 1.11 bits per heavy atom. The van der Waals surface area contributed by atoms with Crippen molar-refractivity contribution in [2.24, 2.45) is 5.92 Å². The van der Waals surface area contributed by atoms with E-state index in [0.29, 0.717) is 43.2 Å². The van der Waals surface area contributed by atoms with Crippen molar-refractivity contribution in [1.29, 1.82) is 0 Å². The van der Waals surface area contributed by atoms with E-state index in [1.54, 1.807) is 4.57 Å². The van der Waals surface area contributed by atoms with Gasteiger partial charge in [0.1, 0.15) is 0 Å². The lowest BCUT2D eigenvalue weighted by molar-refractivity contribution is -0.133. The van der Waals surface area contributed by atoms with Gasteiger partial charge in [-0.1, -0.05) is 32.0 Å². The van der Waals surface area contributed by atoms with Crippen LogP contribution >= 0.6 is 0 Å². The molecule has 3 heterocycles. The fraction of sp³-hybridized carbons (Fsp3) is 0.607. The van der Waals surface area contributed by atoms with Crippen LogP contribution in [0.4, 0.5) is 5.69 Å². The molecule has 2 aliphatic rings. The van der Waals surface area contributed by atoms with Gasteiger partial charge in [-0.3, -0.25) is 14.3 Å². The number of hydrogen-bond acceptors (Lipinski definition) is 5. The van der Waals surface area contributed by atoms with Gasteiger partial charge in [-0.15, -0.1) is 0 Å². The molecule has 2 atom stereocenters. The second kappa shape index (κ2) is 11.4. The number of nitrogens with one attached hydrogen (secondary N) is 1. The van der Waals surface area contributed by atoms with Gasteiger partial charge in [-0.25, -0.2) is 4.79 Å². The zero-order valence-electron chi connectivity index (χ0n) is 21.8. The predicted octanol–water partition coefficient (Wildman–Crippen LogP) is 3.97. The van der Waals surface area contributed by atoms with E-state index in [9.17, 15) is 9.59 Å². The first kappa shape index (κ1) is 25.4. The molecule has 2 bridgehead atoms. The Hall–Kier alpha value is -2.67. The Morgan fingerprint density at radius 2 is 1.89 bits per heavy atom. The highest BCUT2D eigenvalue weighted by Crippen LogP contribution is 2.30. The van der Waals surface area contributed by atoms with Crippen LogP contribution in [-0.4, -0.2) is 57.0 Å². The van der Waals surface area contributed by atoms with Crippen LogP contribution in [0.1, 0.15) is 62.9 Å². The van der Waals surface area contributed by atoms with Crippen molar-refractivity contribution in [2.45, 2.75) is 85.0 Å². The lowest BCUT2D eigenvalue weighted by Crippen LogP contribution is -2.46. The maximum Gasteiger partial charge on any atom is 0.347 e. The molecule has 35 heavy (non-hydrogen) atoms. The Labute approximate surface area is 209 Å². The number of carbonyl (C=O) groups is 1. The van der Waals surface area contributed by atoms with E-state index in [1.807, 2.05) is 30.9 Å². The molecule has 2 aromatic rings. The van der Waals surface area contributed by atoms with Crippen LogP contribution in [-0.2, 0) is 17.9 Å². The second-order valence-corrected chi connectivity index (χ2v) is 10.7. The number of aryl methyl sites for hydroxylation is 2. The summed E-state index contributed by atoms with van der Waals surface area (Å²) in [6, 6.07) is 11.2. The van der Waals surface area contributed by atoms with Crippen molar-refractivity contribution in [3.63, 3.8) is 0 Å². The number of anilines is 1. The van der Waals surface area contributed by atoms with Crippen molar-refractivity contribution in [3.05, 3.63) is 57.8 Å². The highest BCUT2D eigenvalue weighted by molar-refractivity contribution is 5.76. The molecular formula is C28H41N5O2. The molecule has 0 spiro atoms. The molecule has 1 aromatic heterocycles. The van der Waals surface area contributed by atoms with Crippen LogP contribution < -0.4 is 11.0 Å². The van der Waals surface area contributed by atoms with Gasteiger partial charge in [0, 0.05) is 61.8 Å². The Morgan fingerprint density at radius 3 is 2.66 bits per heavy atom. The first-order chi connectivity index (χ1) is 16.8. The average molecular weight is 480 g/mol. The van der Waals surface area contributed by atoms with Crippen LogP contribution in [0.25, 0.3) is 0 Å². The van der Waals surface area contributed by atoms with Gasteiger partial charge < -0.3 is 10.2 Å². The van der Waals surface area contributed by atoms with Crippen LogP contribution in [0.15, 0.2) is 35.1 Å². The van der Waals surface area contributed by atoms with Crippen molar-refractivity contribution >= 4 is 11.6 Å². The molecule has 1 fully saturated rings. The van der Waals surface area contributed by atoms with Gasteiger partial charge in [-0.05, 0) is 69.7 Å². The predicted molar refractivity (Wildman–Crippen MR) is 141 cm³/mol. The zero-order valence-corrected chi connectivity index (χ0v) is 21.8. The number of carbonyl (C=O) groups excluding carboxylic acids is 1. The van der Waals surface area contributed by atoms with E-state index in [1.165, 1.54) is 12.8 Å². The summed E-state index contributed by atoms with van der Waals surface area (Å²) in [5.74, 6) is 0.760. The van der Waals surface area contributed by atoms with E-state index in [4.69, 9.17) is 0 Å². The minimum absolute atomic E-state index is 0.0955. The van der Waals surface area contributed by atoms with E-state index >= 15 is 0 Å². The lowest BCUT2D eigenvalue weighted by Gasteiger charge is -2.34. The highest BCUT2D eigenvalue weighted by Gasteiger charge is 2.35. The van der Waals surface area contributed by atoms with E-state index in [0.717, 1.165) is 49.4 Å². The normalized spacial score (nSPS) is 20.9. The molecule has 0 saturated carbocycles. The number of aromatic nitrogens is 2. The van der Waals surface area contributed by atoms with Gasteiger partial charge in [0.25, 0.3) is 0 Å². The standard InChI is InChI=1S/C28H41N5O2/c1-20(2)12-15-33-24-9-10-25(33)19-31(18-23-7-5-6-8-26(23)29-14-11-24)27(34)13-16-32-22(4)17-21(3)30-28(32)35/h5-8,17,20,24-25,29H,9-16,18-19H2,1-4H3/t24-,25+/m1/s1. The summed E-state index contributed by atoms with van der Waals surface area (Å²) in [5.41, 5.74) is 3.55. The maximum atomic E-state index is 13.6. The van der Waals surface area contributed by atoms with E-state index in [2.05, 4.69) is 47.2 Å². The van der Waals surface area contributed by atoms with Crippen LogP contribution in [0, 0.1) is 19.8 Å². The van der Waals surface area contributed by atoms with Gasteiger partial charge in [0.2, 0.25) is 5.91 Å². The third kappa shape index (κ3) is 6.31. The summed E-state index contributed by atoms with van der Waals surface area (Å²) in [6.45, 7) is 12.0. The smallest absolute Gasteiger partial charge is 0.347 e. The molecular weight excluding hydrogens is 438 g/mol. The second-order valence-electron chi connectivity index (χ2n) is 10.7. The molecule has 0 radical (unpaired) electrons. The molecule has 0 unspecified atom stereocenters. The molecule has 1 saturated heterocycles. The fourth-order valence-corrected chi connectivity index (χ4v) is 5.62. The van der Waals surface area contributed by atoms with E-state index in [-0.39, 0.29) is 11.6 Å². The van der Waals surface area contributed by atoms with Crippen LogP contribution in [0.2, 0.25) is 0 Å². The molecule has 190 valence electrons. The van der Waals surface area contributed by atoms with E-state index < -0.39 is 0 Å². The number of para-hydroxylation sites is 1. The monoisotopic (exact) mass is 479 g/mol. The largest absolute Gasteiger partial charge is 0.385 e. The Balaban J connectivity index is 1.56. The molecule has 1 aromatic carbocycles. The van der Waals surface area contributed by atoms with Crippen LogP contribution in [0.5, 0.6) is 0 Å². The van der Waals surface area contributed by atoms with Crippen molar-refractivity contribution < 1.29 is 4.79 Å². The Kier molecular flexibility index (Phi) is 8.26. The number of fused-ring (bicyclic) bond motifs is 3. The summed E-state index contributed by atoms with van der Waals surface area (Å²) < 4.78 is 1.62. The summed E-state index contributed by atoms with van der Waals surface area (Å²) in [7, 11) is 0. The molecule has 7 nitrogen and oxygen atoms in total. The number of benzene rings is 1. The molecule has 0 aliphatic carbocycles. The molecule has 7 heteroatoms.